The van der Waals surface area contributed by atoms with Crippen molar-refractivity contribution in [3.63, 3.8) is 0 Å². The fourth-order valence-electron chi connectivity index (χ4n) is 2.55. The molecule has 0 amide bonds. The van der Waals surface area contributed by atoms with E-state index in [1.807, 2.05) is 42.5 Å². The fraction of sp³-hybridized carbons (Fsp3) is 0.318. The second-order valence-electron chi connectivity index (χ2n) is 6.59. The Bertz CT molecular complexity index is 815. The molecule has 0 aliphatic heterocycles. The highest BCUT2D eigenvalue weighted by Gasteiger charge is 2.42. The van der Waals surface area contributed by atoms with Crippen molar-refractivity contribution in [2.24, 2.45) is 0 Å². The predicted octanol–water partition coefficient (Wildman–Crippen LogP) is 5.01. The summed E-state index contributed by atoms with van der Waals surface area (Å²) in [6, 6.07) is 17.2. The molecule has 2 aromatic carbocycles. The molecule has 156 valence electrons. The van der Waals surface area contributed by atoms with Crippen LogP contribution >= 0.6 is 0 Å². The van der Waals surface area contributed by atoms with Crippen molar-refractivity contribution >= 4 is 17.6 Å². The van der Waals surface area contributed by atoms with Gasteiger partial charge < -0.3 is 9.47 Å². The zero-order valence-corrected chi connectivity index (χ0v) is 16.6. The summed E-state index contributed by atoms with van der Waals surface area (Å²) >= 11 is 0. The van der Waals surface area contributed by atoms with Gasteiger partial charge >= 0.3 is 12.1 Å². The van der Waals surface area contributed by atoms with Crippen molar-refractivity contribution in [3.05, 3.63) is 65.7 Å². The van der Waals surface area contributed by atoms with Crippen LogP contribution in [0.5, 0.6) is 5.75 Å². The van der Waals surface area contributed by atoms with Crippen molar-refractivity contribution in [3.8, 4) is 5.75 Å². The first-order chi connectivity index (χ1) is 13.7. The third-order valence-electron chi connectivity index (χ3n) is 4.19. The average molecular weight is 407 g/mol. The van der Waals surface area contributed by atoms with Gasteiger partial charge in [-0.2, -0.15) is 13.2 Å². The van der Waals surface area contributed by atoms with Crippen LogP contribution in [0.4, 0.5) is 13.2 Å². The predicted molar refractivity (Wildman–Crippen MR) is 106 cm³/mol. The number of halogens is 3. The number of alkyl halides is 3. The van der Waals surface area contributed by atoms with Crippen LogP contribution in [0.2, 0.25) is 0 Å². The molecule has 2 aromatic rings. The molecule has 0 radical (unpaired) electrons. The van der Waals surface area contributed by atoms with Crippen molar-refractivity contribution in [2.75, 3.05) is 20.7 Å². The summed E-state index contributed by atoms with van der Waals surface area (Å²) in [5.74, 6) is -1.77. The Kier molecular flexibility index (Phi) is 7.84. The third kappa shape index (κ3) is 6.94. The number of carbonyl (C=O) groups excluding carboxylic acids is 1. The Morgan fingerprint density at radius 2 is 1.69 bits per heavy atom. The van der Waals surface area contributed by atoms with Crippen LogP contribution in [0.3, 0.4) is 0 Å². The molecule has 0 N–H and O–H groups in total. The molecule has 1 atom stereocenters. The average Bonchev–Trinajstić information content (AvgIpc) is 2.69. The number of nitrogens with zero attached hydrogens (tertiary/aromatic N) is 1. The largest absolute Gasteiger partial charge is 0.490 e. The van der Waals surface area contributed by atoms with Gasteiger partial charge in [0.2, 0.25) is 0 Å². The first kappa shape index (κ1) is 22.5. The van der Waals surface area contributed by atoms with E-state index < -0.39 is 18.4 Å². The number of esters is 1. The number of ether oxygens (including phenoxy) is 2. The van der Waals surface area contributed by atoms with Gasteiger partial charge in [0.05, 0.1) is 0 Å². The lowest BCUT2D eigenvalue weighted by Gasteiger charge is -2.24. The monoisotopic (exact) mass is 407 g/mol. The lowest BCUT2D eigenvalue weighted by Crippen LogP contribution is -2.41. The normalized spacial score (nSPS) is 13.3. The van der Waals surface area contributed by atoms with Crippen molar-refractivity contribution < 1.29 is 27.4 Å². The van der Waals surface area contributed by atoms with E-state index in [4.69, 9.17) is 4.74 Å². The minimum atomic E-state index is -5.04. The van der Waals surface area contributed by atoms with E-state index in [2.05, 4.69) is 17.7 Å². The number of carbonyl (C=O) groups is 1. The lowest BCUT2D eigenvalue weighted by molar-refractivity contribution is -0.213. The lowest BCUT2D eigenvalue weighted by atomic mass is 10.0. The van der Waals surface area contributed by atoms with Crippen LogP contribution in [0.15, 0.2) is 54.6 Å². The number of rotatable bonds is 8. The summed E-state index contributed by atoms with van der Waals surface area (Å²) in [7, 11) is 3.01. The number of likely N-dealkylation sites (N-methyl/N-ethyl adjacent to an activating group) is 1. The van der Waals surface area contributed by atoms with E-state index >= 15 is 0 Å². The standard InChI is InChI=1S/C22H24F3NO3/c1-4-17(14-16-8-6-5-7-9-16)18-10-12-19(13-11-18)28-15-20(26(2)3)29-21(27)22(23,24)25/h5-14,20H,4,15H2,1-3H3/b17-14+. The molecule has 7 heteroatoms. The summed E-state index contributed by atoms with van der Waals surface area (Å²) in [5, 5.41) is 0. The molecule has 0 saturated heterocycles. The van der Waals surface area contributed by atoms with E-state index in [0.29, 0.717) is 5.75 Å². The zero-order chi connectivity index (χ0) is 21.4. The van der Waals surface area contributed by atoms with Gasteiger partial charge in [0, 0.05) is 0 Å². The molecule has 0 heterocycles. The topological polar surface area (TPSA) is 38.8 Å². The SMILES string of the molecule is CC/C(=C\c1ccccc1)c1ccc(OCC(OC(=O)C(F)(F)F)N(C)C)cc1. The van der Waals surface area contributed by atoms with Gasteiger partial charge in [0.25, 0.3) is 0 Å². The molecule has 0 spiro atoms. The highest BCUT2D eigenvalue weighted by atomic mass is 19.4. The number of hydrogen-bond donors (Lipinski definition) is 0. The first-order valence-electron chi connectivity index (χ1n) is 9.13. The quantitative estimate of drug-likeness (QED) is 0.350. The summed E-state index contributed by atoms with van der Waals surface area (Å²) < 4.78 is 47.2. The Hall–Kier alpha value is -2.80. The third-order valence-corrected chi connectivity index (χ3v) is 4.19. The van der Waals surface area contributed by atoms with E-state index in [1.165, 1.54) is 19.0 Å². The molecule has 2 rings (SSSR count). The Morgan fingerprint density at radius 1 is 1.07 bits per heavy atom. The van der Waals surface area contributed by atoms with Crippen molar-refractivity contribution in [1.82, 2.24) is 4.90 Å². The molecule has 1 unspecified atom stereocenters. The van der Waals surface area contributed by atoms with E-state index in [0.717, 1.165) is 23.1 Å². The van der Waals surface area contributed by atoms with Crippen LogP contribution in [-0.2, 0) is 9.53 Å². The summed E-state index contributed by atoms with van der Waals surface area (Å²) in [6.45, 7) is 1.84. The second-order valence-corrected chi connectivity index (χ2v) is 6.59. The highest BCUT2D eigenvalue weighted by Crippen LogP contribution is 2.24. The minimum Gasteiger partial charge on any atom is -0.488 e. The maximum absolute atomic E-state index is 12.4. The van der Waals surface area contributed by atoms with Crippen LogP contribution in [0.25, 0.3) is 11.6 Å². The molecular weight excluding hydrogens is 383 g/mol. The molecule has 0 saturated carbocycles. The smallest absolute Gasteiger partial charge is 0.488 e. The maximum atomic E-state index is 12.4. The van der Waals surface area contributed by atoms with Crippen molar-refractivity contribution in [1.29, 1.82) is 0 Å². The van der Waals surface area contributed by atoms with E-state index in [9.17, 15) is 18.0 Å². The second kappa shape index (κ2) is 10.1. The molecule has 0 aliphatic carbocycles. The Morgan fingerprint density at radius 3 is 2.21 bits per heavy atom. The minimum absolute atomic E-state index is 0.228. The molecule has 0 aromatic heterocycles. The molecule has 4 nitrogen and oxygen atoms in total. The first-order valence-corrected chi connectivity index (χ1v) is 9.13. The fourth-order valence-corrected chi connectivity index (χ4v) is 2.55. The summed E-state index contributed by atoms with van der Waals surface area (Å²) in [5.41, 5.74) is 3.27. The zero-order valence-electron chi connectivity index (χ0n) is 16.6. The summed E-state index contributed by atoms with van der Waals surface area (Å²) in [6.07, 6.45) is -3.26. The van der Waals surface area contributed by atoms with Crippen LogP contribution in [0.1, 0.15) is 24.5 Å². The van der Waals surface area contributed by atoms with Crippen LogP contribution in [0, 0.1) is 0 Å². The number of benzene rings is 2. The van der Waals surface area contributed by atoms with Gasteiger partial charge in [0.15, 0.2) is 6.23 Å². The number of allylic oxidation sites excluding steroid dienone is 1. The highest BCUT2D eigenvalue weighted by molar-refractivity contribution is 5.81. The maximum Gasteiger partial charge on any atom is 0.490 e. The van der Waals surface area contributed by atoms with Gasteiger partial charge in [-0.05, 0) is 49.3 Å². The Labute approximate surface area is 168 Å². The number of hydrogen-bond acceptors (Lipinski definition) is 4. The molecule has 0 fully saturated rings. The van der Waals surface area contributed by atoms with E-state index in [1.54, 1.807) is 12.1 Å². The van der Waals surface area contributed by atoms with Gasteiger partial charge in [0.1, 0.15) is 12.4 Å². The van der Waals surface area contributed by atoms with Gasteiger partial charge in [-0.25, -0.2) is 4.79 Å². The molecule has 0 aliphatic rings. The van der Waals surface area contributed by atoms with Crippen molar-refractivity contribution in [2.45, 2.75) is 25.7 Å². The van der Waals surface area contributed by atoms with Gasteiger partial charge in [-0.15, -0.1) is 0 Å². The van der Waals surface area contributed by atoms with Gasteiger partial charge in [-0.3, -0.25) is 4.90 Å². The molecule has 29 heavy (non-hydrogen) atoms. The van der Waals surface area contributed by atoms with Gasteiger partial charge in [-0.1, -0.05) is 55.5 Å². The van der Waals surface area contributed by atoms with E-state index in [-0.39, 0.29) is 6.61 Å². The summed E-state index contributed by atoms with van der Waals surface area (Å²) in [4.78, 5) is 12.4. The molecular formula is C22H24F3NO3. The van der Waals surface area contributed by atoms with Crippen LogP contribution < -0.4 is 4.74 Å². The van der Waals surface area contributed by atoms with Crippen LogP contribution in [-0.4, -0.2) is 44.0 Å². The molecule has 0 bridgehead atoms. The Balaban J connectivity index is 2.04.